The zero-order chi connectivity index (χ0) is 23.4. The van der Waals surface area contributed by atoms with E-state index in [1.807, 2.05) is 42.5 Å². The van der Waals surface area contributed by atoms with Crippen molar-refractivity contribution in [2.75, 3.05) is 26.3 Å². The van der Waals surface area contributed by atoms with Crippen molar-refractivity contribution >= 4 is 17.8 Å². The maximum atomic E-state index is 13.1. The molecule has 0 radical (unpaired) electrons. The Morgan fingerprint density at radius 1 is 1.03 bits per heavy atom. The number of carbonyl (C=O) groups excluding carboxylic acids is 3. The zero-order valence-corrected chi connectivity index (χ0v) is 19.0. The second-order valence-electron chi connectivity index (χ2n) is 8.47. The Labute approximate surface area is 193 Å². The van der Waals surface area contributed by atoms with Gasteiger partial charge in [-0.2, -0.15) is 0 Å². The predicted octanol–water partition coefficient (Wildman–Crippen LogP) is 2.54. The standard InChI is InChI=1S/C25H29N3O5/c1-3-4-17-5-8-19(9-6-17)25(2)23(30)28(24(31)27-25)16-22(29)26-12-11-18-7-10-20-21(15-18)33-14-13-32-20/h5-10,15H,3-4,11-14,16H2,1-2H3,(H,26,29)(H,27,31). The van der Waals surface area contributed by atoms with Crippen LogP contribution < -0.4 is 20.1 Å². The number of carbonyl (C=O) groups is 3. The van der Waals surface area contributed by atoms with E-state index < -0.39 is 23.4 Å². The van der Waals surface area contributed by atoms with Gasteiger partial charge in [0.05, 0.1) is 0 Å². The van der Waals surface area contributed by atoms with Crippen LogP contribution in [0.15, 0.2) is 42.5 Å². The minimum Gasteiger partial charge on any atom is -0.486 e. The van der Waals surface area contributed by atoms with Crippen LogP contribution >= 0.6 is 0 Å². The van der Waals surface area contributed by atoms with Crippen molar-refractivity contribution in [2.24, 2.45) is 0 Å². The summed E-state index contributed by atoms with van der Waals surface area (Å²) in [6.45, 7) is 4.87. The summed E-state index contributed by atoms with van der Waals surface area (Å²) in [4.78, 5) is 39.0. The van der Waals surface area contributed by atoms with Crippen LogP contribution in [0, 0.1) is 0 Å². The van der Waals surface area contributed by atoms with Gasteiger partial charge in [0.2, 0.25) is 5.91 Å². The Kier molecular flexibility index (Phi) is 6.53. The molecule has 0 spiro atoms. The van der Waals surface area contributed by atoms with Crippen LogP contribution in [0.1, 0.15) is 37.0 Å². The molecule has 0 bridgehead atoms. The minimum atomic E-state index is -1.19. The van der Waals surface area contributed by atoms with Gasteiger partial charge in [-0.3, -0.25) is 14.5 Å². The molecule has 2 aromatic carbocycles. The fraction of sp³-hybridized carbons (Fsp3) is 0.400. The average Bonchev–Trinajstić information content (AvgIpc) is 3.03. The first-order valence-corrected chi connectivity index (χ1v) is 11.3. The highest BCUT2D eigenvalue weighted by Crippen LogP contribution is 2.31. The van der Waals surface area contributed by atoms with Gasteiger partial charge in [-0.15, -0.1) is 0 Å². The molecule has 1 saturated heterocycles. The summed E-state index contributed by atoms with van der Waals surface area (Å²) in [7, 11) is 0. The first-order valence-electron chi connectivity index (χ1n) is 11.3. The summed E-state index contributed by atoms with van der Waals surface area (Å²) in [5.74, 6) is 0.596. The molecule has 2 aliphatic rings. The van der Waals surface area contributed by atoms with Gasteiger partial charge >= 0.3 is 6.03 Å². The number of hydrogen-bond donors (Lipinski definition) is 2. The summed E-state index contributed by atoms with van der Waals surface area (Å²) in [6, 6.07) is 12.8. The number of ether oxygens (including phenoxy) is 2. The second kappa shape index (κ2) is 9.52. The first kappa shape index (κ1) is 22.6. The van der Waals surface area contributed by atoms with Crippen molar-refractivity contribution in [3.8, 4) is 11.5 Å². The number of urea groups is 1. The molecule has 0 aromatic heterocycles. The predicted molar refractivity (Wildman–Crippen MR) is 122 cm³/mol. The number of nitrogens with zero attached hydrogens (tertiary/aromatic N) is 1. The number of hydrogen-bond acceptors (Lipinski definition) is 5. The van der Waals surface area contributed by atoms with Crippen molar-refractivity contribution in [3.05, 3.63) is 59.2 Å². The Hall–Kier alpha value is -3.55. The molecule has 2 aromatic rings. The van der Waals surface area contributed by atoms with Crippen LogP contribution in [-0.4, -0.2) is 49.0 Å². The van der Waals surface area contributed by atoms with E-state index in [2.05, 4.69) is 17.6 Å². The molecule has 2 heterocycles. The van der Waals surface area contributed by atoms with Gasteiger partial charge in [-0.05, 0) is 48.6 Å². The monoisotopic (exact) mass is 451 g/mol. The normalized spacial score (nSPS) is 19.4. The van der Waals surface area contributed by atoms with Crippen molar-refractivity contribution in [1.29, 1.82) is 0 Å². The molecule has 1 unspecified atom stereocenters. The highest BCUT2D eigenvalue weighted by Gasteiger charge is 2.49. The van der Waals surface area contributed by atoms with Crippen LogP contribution in [-0.2, 0) is 28.0 Å². The Bertz CT molecular complexity index is 1050. The van der Waals surface area contributed by atoms with E-state index in [4.69, 9.17) is 9.47 Å². The minimum absolute atomic E-state index is 0.324. The Morgan fingerprint density at radius 3 is 2.45 bits per heavy atom. The molecule has 174 valence electrons. The van der Waals surface area contributed by atoms with Crippen molar-refractivity contribution in [2.45, 2.75) is 38.6 Å². The molecule has 1 atom stereocenters. The quantitative estimate of drug-likeness (QED) is 0.602. The number of imide groups is 1. The lowest BCUT2D eigenvalue weighted by molar-refractivity contribution is -0.134. The van der Waals surface area contributed by atoms with Crippen LogP contribution in [0.3, 0.4) is 0 Å². The molecular formula is C25H29N3O5. The van der Waals surface area contributed by atoms with Crippen LogP contribution in [0.4, 0.5) is 4.79 Å². The molecule has 4 rings (SSSR count). The SMILES string of the molecule is CCCc1ccc(C2(C)NC(=O)N(CC(=O)NCCc3ccc4c(c3)OCCO4)C2=O)cc1. The van der Waals surface area contributed by atoms with Gasteiger partial charge in [0.25, 0.3) is 5.91 Å². The van der Waals surface area contributed by atoms with Gasteiger partial charge in [0.1, 0.15) is 25.3 Å². The molecule has 0 saturated carbocycles. The number of amides is 4. The van der Waals surface area contributed by atoms with Gasteiger partial charge < -0.3 is 20.1 Å². The fourth-order valence-electron chi connectivity index (χ4n) is 4.12. The maximum absolute atomic E-state index is 13.1. The van der Waals surface area contributed by atoms with E-state index in [-0.39, 0.29) is 6.54 Å². The van der Waals surface area contributed by atoms with E-state index in [1.54, 1.807) is 6.92 Å². The van der Waals surface area contributed by atoms with Gasteiger partial charge in [0, 0.05) is 6.54 Å². The summed E-state index contributed by atoms with van der Waals surface area (Å²) in [5.41, 5.74) is 1.68. The van der Waals surface area contributed by atoms with E-state index in [1.165, 1.54) is 5.56 Å². The lowest BCUT2D eigenvalue weighted by Gasteiger charge is -2.22. The number of fused-ring (bicyclic) bond motifs is 1. The lowest BCUT2D eigenvalue weighted by atomic mass is 9.91. The molecule has 2 N–H and O–H groups in total. The molecule has 0 aliphatic carbocycles. The molecule has 1 fully saturated rings. The summed E-state index contributed by atoms with van der Waals surface area (Å²) in [6.07, 6.45) is 2.57. The van der Waals surface area contributed by atoms with Gasteiger partial charge in [0.15, 0.2) is 11.5 Å². The van der Waals surface area contributed by atoms with Gasteiger partial charge in [-0.25, -0.2) is 4.79 Å². The highest BCUT2D eigenvalue weighted by molar-refractivity contribution is 6.09. The summed E-state index contributed by atoms with van der Waals surface area (Å²) < 4.78 is 11.1. The number of aryl methyl sites for hydroxylation is 1. The van der Waals surface area contributed by atoms with Crippen LogP contribution in [0.2, 0.25) is 0 Å². The summed E-state index contributed by atoms with van der Waals surface area (Å²) in [5, 5.41) is 5.53. The molecule has 8 nitrogen and oxygen atoms in total. The van der Waals surface area contributed by atoms with E-state index in [0.717, 1.165) is 29.1 Å². The maximum Gasteiger partial charge on any atom is 0.325 e. The Morgan fingerprint density at radius 2 is 1.73 bits per heavy atom. The molecule has 2 aliphatic heterocycles. The third-order valence-electron chi connectivity index (χ3n) is 5.99. The number of nitrogens with one attached hydrogen (secondary N) is 2. The van der Waals surface area contributed by atoms with E-state index in [9.17, 15) is 14.4 Å². The zero-order valence-electron chi connectivity index (χ0n) is 19.0. The fourth-order valence-corrected chi connectivity index (χ4v) is 4.12. The Balaban J connectivity index is 1.32. The van der Waals surface area contributed by atoms with Crippen molar-refractivity contribution < 1.29 is 23.9 Å². The third kappa shape index (κ3) is 4.79. The number of benzene rings is 2. The van der Waals surface area contributed by atoms with E-state index >= 15 is 0 Å². The number of rotatable bonds is 8. The topological polar surface area (TPSA) is 97.0 Å². The smallest absolute Gasteiger partial charge is 0.325 e. The average molecular weight is 452 g/mol. The molecular weight excluding hydrogens is 422 g/mol. The molecule has 4 amide bonds. The lowest BCUT2D eigenvalue weighted by Crippen LogP contribution is -2.43. The van der Waals surface area contributed by atoms with Crippen LogP contribution in [0.25, 0.3) is 0 Å². The largest absolute Gasteiger partial charge is 0.486 e. The third-order valence-corrected chi connectivity index (χ3v) is 5.99. The van der Waals surface area contributed by atoms with Crippen molar-refractivity contribution in [1.82, 2.24) is 15.5 Å². The van der Waals surface area contributed by atoms with Gasteiger partial charge in [-0.1, -0.05) is 43.7 Å². The first-order chi connectivity index (χ1) is 15.9. The molecule has 8 heteroatoms. The molecule has 33 heavy (non-hydrogen) atoms. The highest BCUT2D eigenvalue weighted by atomic mass is 16.6. The van der Waals surface area contributed by atoms with Crippen molar-refractivity contribution in [3.63, 3.8) is 0 Å². The second-order valence-corrected chi connectivity index (χ2v) is 8.47. The summed E-state index contributed by atoms with van der Waals surface area (Å²) >= 11 is 0. The van der Waals surface area contributed by atoms with Crippen LogP contribution in [0.5, 0.6) is 11.5 Å². The van der Waals surface area contributed by atoms with E-state index in [0.29, 0.717) is 37.5 Å².